The lowest BCUT2D eigenvalue weighted by atomic mass is 9.85. The molecule has 0 saturated carbocycles. The van der Waals surface area contributed by atoms with Gasteiger partial charge in [0, 0.05) is 33.2 Å². The minimum absolute atomic E-state index is 0.0340. The summed E-state index contributed by atoms with van der Waals surface area (Å²) in [4.78, 5) is 18.0. The van der Waals surface area contributed by atoms with E-state index in [1.807, 2.05) is 0 Å². The molecule has 2 heterocycles. The lowest BCUT2D eigenvalue weighted by Crippen LogP contribution is -2.50. The van der Waals surface area contributed by atoms with Crippen molar-refractivity contribution in [3.8, 4) is 0 Å². The van der Waals surface area contributed by atoms with Crippen LogP contribution in [0.2, 0.25) is 10.0 Å². The number of nitrogens with zero attached hydrogens (tertiary/aromatic N) is 1. The van der Waals surface area contributed by atoms with Crippen molar-refractivity contribution in [3.05, 3.63) is 81.3 Å². The van der Waals surface area contributed by atoms with E-state index in [0.717, 1.165) is 12.1 Å². The zero-order valence-corrected chi connectivity index (χ0v) is 20.7. The molecular weight excluding hydrogens is 540 g/mol. The number of carbonyl (C=O) groups excluding carboxylic acids is 1. The molecule has 2 aliphatic heterocycles. The van der Waals surface area contributed by atoms with Crippen LogP contribution < -0.4 is 5.32 Å². The number of amides is 1. The molecule has 0 aromatic heterocycles. The maximum absolute atomic E-state index is 14.4. The maximum atomic E-state index is 14.4. The topological polar surface area (TPSA) is 91.2 Å². The van der Waals surface area contributed by atoms with Crippen molar-refractivity contribution >= 4 is 56.2 Å². The van der Waals surface area contributed by atoms with E-state index in [4.69, 9.17) is 28.0 Å². The summed E-state index contributed by atoms with van der Waals surface area (Å²) in [5.41, 5.74) is -2.29. The summed E-state index contributed by atoms with van der Waals surface area (Å²) in [5.74, 6) is -0.230. The molecule has 0 bridgehead atoms. The average molecular weight is 559 g/mol. The van der Waals surface area contributed by atoms with Gasteiger partial charge in [-0.2, -0.15) is 23.8 Å². The molecule has 1 saturated heterocycles. The van der Waals surface area contributed by atoms with E-state index >= 15 is 0 Å². The summed E-state index contributed by atoms with van der Waals surface area (Å²) in [7, 11) is -2.62. The summed E-state index contributed by atoms with van der Waals surface area (Å²) < 4.78 is 62.3. The van der Waals surface area contributed by atoms with E-state index < -0.39 is 34.7 Å². The first-order valence-electron chi connectivity index (χ1n) is 10.7. The first-order chi connectivity index (χ1) is 16.9. The van der Waals surface area contributed by atoms with Crippen LogP contribution in [0.4, 0.5) is 13.2 Å². The van der Waals surface area contributed by atoms with Gasteiger partial charge in [0.25, 0.3) is 11.5 Å². The molecule has 3 N–H and O–H groups in total. The van der Waals surface area contributed by atoms with Crippen LogP contribution in [-0.4, -0.2) is 44.4 Å². The van der Waals surface area contributed by atoms with Crippen LogP contribution >= 0.6 is 33.8 Å². The molecule has 6 nitrogen and oxygen atoms in total. The average Bonchev–Trinajstić information content (AvgIpc) is 3.23. The molecule has 190 valence electrons. The third kappa shape index (κ3) is 4.41. The van der Waals surface area contributed by atoms with Gasteiger partial charge >= 0.3 is 6.18 Å². The Morgan fingerprint density at radius 2 is 1.69 bits per heavy atom. The van der Waals surface area contributed by atoms with Crippen LogP contribution in [0.25, 0.3) is 10.8 Å². The zero-order chi connectivity index (χ0) is 25.9. The van der Waals surface area contributed by atoms with Crippen molar-refractivity contribution < 1.29 is 31.9 Å². The van der Waals surface area contributed by atoms with Gasteiger partial charge < -0.3 is 10.2 Å². The number of carbonyl (C=O) groups is 1. The quantitative estimate of drug-likeness (QED) is 0.337. The molecule has 3 aromatic rings. The number of nitrogens with one attached hydrogen (secondary N) is 1. The third-order valence-electron chi connectivity index (χ3n) is 6.27. The molecule has 3 aromatic carbocycles. The maximum Gasteiger partial charge on any atom is 0.435 e. The Hall–Kier alpha value is -2.50. The first-order valence-corrected chi connectivity index (χ1v) is 13.4. The van der Waals surface area contributed by atoms with Crippen molar-refractivity contribution in [3.63, 3.8) is 0 Å². The van der Waals surface area contributed by atoms with Gasteiger partial charge in [-0.3, -0.25) is 13.9 Å². The van der Waals surface area contributed by atoms with Gasteiger partial charge in [0.05, 0.1) is 23.3 Å². The largest absolute Gasteiger partial charge is 0.435 e. The fourth-order valence-electron chi connectivity index (χ4n) is 4.53. The van der Waals surface area contributed by atoms with Crippen LogP contribution in [0.15, 0.2) is 59.8 Å². The van der Waals surface area contributed by atoms with Crippen molar-refractivity contribution in [1.82, 2.24) is 5.32 Å². The fraction of sp³-hybridized carbons (Fsp3) is 0.250. The summed E-state index contributed by atoms with van der Waals surface area (Å²) in [6.45, 7) is 0. The number of hydrogen-bond acceptors (Lipinski definition) is 5. The minimum Gasteiger partial charge on any atom is -0.374 e. The Morgan fingerprint density at radius 3 is 2.31 bits per heavy atom. The number of fused-ring (bicyclic) bond motifs is 1. The normalized spacial score (nSPS) is 22.5. The van der Waals surface area contributed by atoms with Crippen molar-refractivity contribution in [2.45, 2.75) is 24.2 Å². The molecule has 2 aliphatic rings. The molecule has 12 heteroatoms. The molecule has 1 amide bonds. The molecular formula is C24H19Cl2F3N2O4S. The Balaban J connectivity index is 1.50. The highest BCUT2D eigenvalue weighted by molar-refractivity contribution is 8.25. The van der Waals surface area contributed by atoms with Crippen LogP contribution in [0.1, 0.15) is 27.9 Å². The molecule has 1 unspecified atom stereocenters. The standard InChI is InChI=1S/C24H19Cl2F3N2O4S/c25-14-7-13(8-15(26)9-14)23(24(27,28)29)10-21(31-35-23)19-5-6-20(18-4-2-1-3-17(18)19)22(32)30-16-11-36(33,34)12-16/h1-9,16,33-34H,10-12H2,(H,30,32). The van der Waals surface area contributed by atoms with Crippen LogP contribution in [-0.2, 0) is 10.4 Å². The van der Waals surface area contributed by atoms with E-state index in [-0.39, 0.29) is 38.9 Å². The van der Waals surface area contributed by atoms with Gasteiger partial charge in [0.2, 0.25) is 0 Å². The number of hydrogen-bond donors (Lipinski definition) is 3. The van der Waals surface area contributed by atoms with Gasteiger partial charge in [0.15, 0.2) is 0 Å². The second kappa shape index (κ2) is 8.81. The van der Waals surface area contributed by atoms with E-state index in [9.17, 15) is 27.1 Å². The Kier molecular flexibility index (Phi) is 6.16. The van der Waals surface area contributed by atoms with Gasteiger partial charge in [-0.1, -0.05) is 58.7 Å². The number of oxime groups is 1. The van der Waals surface area contributed by atoms with Gasteiger partial charge in [-0.25, -0.2) is 0 Å². The van der Waals surface area contributed by atoms with Crippen LogP contribution in [0.3, 0.4) is 0 Å². The van der Waals surface area contributed by atoms with Gasteiger partial charge in [-0.05, 0) is 35.0 Å². The first kappa shape index (κ1) is 25.2. The van der Waals surface area contributed by atoms with E-state index in [1.54, 1.807) is 24.3 Å². The SMILES string of the molecule is O=C(NC1CS(O)(O)C1)c1ccc(C2=NOC(c3cc(Cl)cc(Cl)c3)(C(F)(F)F)C2)c2ccccc12. The lowest BCUT2D eigenvalue weighted by Gasteiger charge is -2.47. The molecule has 1 atom stereocenters. The lowest BCUT2D eigenvalue weighted by molar-refractivity contribution is -0.275. The predicted octanol–water partition coefficient (Wildman–Crippen LogP) is 6.59. The third-order valence-corrected chi connectivity index (χ3v) is 8.57. The number of benzene rings is 3. The van der Waals surface area contributed by atoms with Crippen LogP contribution in [0.5, 0.6) is 0 Å². The fourth-order valence-corrected chi connectivity index (χ4v) is 6.41. The van der Waals surface area contributed by atoms with E-state index in [0.29, 0.717) is 21.9 Å². The highest BCUT2D eigenvalue weighted by Gasteiger charge is 2.62. The molecule has 5 rings (SSSR count). The minimum atomic E-state index is -4.83. The van der Waals surface area contributed by atoms with Gasteiger partial charge in [0.1, 0.15) is 0 Å². The zero-order valence-electron chi connectivity index (χ0n) is 18.4. The second-order valence-corrected chi connectivity index (χ2v) is 11.9. The summed E-state index contributed by atoms with van der Waals surface area (Å²) in [6, 6.07) is 13.1. The Labute approximate surface area is 215 Å². The molecule has 0 aliphatic carbocycles. The number of halogens is 5. The molecule has 1 fully saturated rings. The summed E-state index contributed by atoms with van der Waals surface area (Å²) in [6.07, 6.45) is -5.45. The van der Waals surface area contributed by atoms with E-state index in [2.05, 4.69) is 10.5 Å². The van der Waals surface area contributed by atoms with Crippen LogP contribution in [0, 0.1) is 0 Å². The monoisotopic (exact) mass is 558 g/mol. The molecule has 36 heavy (non-hydrogen) atoms. The molecule has 0 spiro atoms. The van der Waals surface area contributed by atoms with Gasteiger partial charge in [-0.15, -0.1) is 0 Å². The highest BCUT2D eigenvalue weighted by atomic mass is 35.5. The Bertz CT molecular complexity index is 1390. The smallest absolute Gasteiger partial charge is 0.374 e. The number of rotatable bonds is 4. The molecule has 0 radical (unpaired) electrons. The Morgan fingerprint density at radius 1 is 1.06 bits per heavy atom. The number of alkyl halides is 3. The summed E-state index contributed by atoms with van der Waals surface area (Å²) >= 11 is 12.0. The van der Waals surface area contributed by atoms with Crippen molar-refractivity contribution in [1.29, 1.82) is 0 Å². The van der Waals surface area contributed by atoms with Crippen molar-refractivity contribution in [2.24, 2.45) is 5.16 Å². The second-order valence-electron chi connectivity index (χ2n) is 8.80. The highest BCUT2D eigenvalue weighted by Crippen LogP contribution is 2.50. The summed E-state index contributed by atoms with van der Waals surface area (Å²) in [5, 5.41) is 7.70. The van der Waals surface area contributed by atoms with Crippen molar-refractivity contribution in [2.75, 3.05) is 11.5 Å². The predicted molar refractivity (Wildman–Crippen MR) is 134 cm³/mol. The van der Waals surface area contributed by atoms with E-state index in [1.165, 1.54) is 18.2 Å².